The average Bonchev–Trinajstić information content (AvgIpc) is 2.83. The van der Waals surface area contributed by atoms with Gasteiger partial charge in [-0.15, -0.1) is 0 Å². The molecule has 0 bridgehead atoms. The van der Waals surface area contributed by atoms with Crippen LogP contribution < -0.4 is 10.6 Å². The molecule has 4 heteroatoms. The van der Waals surface area contributed by atoms with Crippen molar-refractivity contribution in [3.05, 3.63) is 29.8 Å². The van der Waals surface area contributed by atoms with E-state index in [4.69, 9.17) is 10.8 Å². The first-order valence-electron chi connectivity index (χ1n) is 5.54. The summed E-state index contributed by atoms with van der Waals surface area (Å²) in [6.45, 7) is 1.90. The van der Waals surface area contributed by atoms with E-state index in [1.54, 1.807) is 0 Å². The van der Waals surface area contributed by atoms with Gasteiger partial charge in [0.15, 0.2) is 0 Å². The predicted molar refractivity (Wildman–Crippen MR) is 65.8 cm³/mol. The summed E-state index contributed by atoms with van der Waals surface area (Å²) in [4.78, 5) is 6.29. The van der Waals surface area contributed by atoms with E-state index in [1.807, 2.05) is 24.5 Å². The number of nitrogens with two attached hydrogens (primary N) is 1. The maximum atomic E-state index is 8.87. The van der Waals surface area contributed by atoms with Gasteiger partial charge in [0.25, 0.3) is 0 Å². The van der Waals surface area contributed by atoms with Gasteiger partial charge < -0.3 is 15.7 Å². The molecule has 1 aromatic carbocycles. The van der Waals surface area contributed by atoms with Crippen molar-refractivity contribution in [1.29, 1.82) is 0 Å². The summed E-state index contributed by atoms with van der Waals surface area (Å²) in [5, 5.41) is 8.87. The summed E-state index contributed by atoms with van der Waals surface area (Å²) < 4.78 is 0. The number of anilines is 1. The number of rotatable bonds is 4. The first-order chi connectivity index (χ1) is 7.81. The molecule has 0 saturated carbocycles. The Labute approximate surface area is 95.4 Å². The number of aliphatic hydroxyl groups excluding tert-OH is 1. The Balaban J connectivity index is 2.15. The summed E-state index contributed by atoms with van der Waals surface area (Å²) in [6, 6.07) is 8.01. The van der Waals surface area contributed by atoms with Crippen LogP contribution in [0.4, 0.5) is 5.69 Å². The van der Waals surface area contributed by atoms with Crippen LogP contribution >= 0.6 is 0 Å². The highest BCUT2D eigenvalue weighted by molar-refractivity contribution is 5.81. The molecule has 0 aromatic heterocycles. The molecule has 1 atom stereocenters. The molecule has 86 valence electrons. The second kappa shape index (κ2) is 5.09. The van der Waals surface area contributed by atoms with E-state index in [1.165, 1.54) is 0 Å². The highest BCUT2D eigenvalue weighted by atomic mass is 16.3. The first-order valence-corrected chi connectivity index (χ1v) is 5.54. The molecule has 1 aliphatic heterocycles. The molecule has 0 saturated heterocycles. The summed E-state index contributed by atoms with van der Waals surface area (Å²) in [5.41, 5.74) is 8.14. The van der Waals surface area contributed by atoms with Crippen molar-refractivity contribution >= 4 is 12.0 Å². The Kier molecular flexibility index (Phi) is 3.54. The largest absolute Gasteiger partial charge is 0.396 e. The first kappa shape index (κ1) is 11.1. The van der Waals surface area contributed by atoms with Crippen molar-refractivity contribution < 1.29 is 5.11 Å². The lowest BCUT2D eigenvalue weighted by Crippen LogP contribution is -2.19. The van der Waals surface area contributed by atoms with E-state index < -0.39 is 0 Å². The van der Waals surface area contributed by atoms with Crippen LogP contribution in [0.25, 0.3) is 0 Å². The van der Waals surface area contributed by atoms with Gasteiger partial charge in [0, 0.05) is 24.9 Å². The van der Waals surface area contributed by atoms with E-state index in [-0.39, 0.29) is 12.6 Å². The summed E-state index contributed by atoms with van der Waals surface area (Å²) in [7, 11) is 0. The van der Waals surface area contributed by atoms with Crippen LogP contribution in [-0.2, 0) is 0 Å². The smallest absolute Gasteiger partial charge is 0.0895 e. The molecule has 1 heterocycles. The Morgan fingerprint density at radius 1 is 1.50 bits per heavy atom. The number of hydrogen-bond acceptors (Lipinski definition) is 4. The number of hydrogen-bond donors (Lipinski definition) is 2. The van der Waals surface area contributed by atoms with Crippen LogP contribution in [0.3, 0.4) is 0 Å². The van der Waals surface area contributed by atoms with Gasteiger partial charge >= 0.3 is 0 Å². The predicted octanol–water partition coefficient (Wildman–Crippen LogP) is 0.917. The van der Waals surface area contributed by atoms with Crippen LogP contribution in [0.2, 0.25) is 0 Å². The van der Waals surface area contributed by atoms with Gasteiger partial charge in [0.1, 0.15) is 0 Å². The summed E-state index contributed by atoms with van der Waals surface area (Å²) in [5.74, 6) is 0. The van der Waals surface area contributed by atoms with E-state index in [0.717, 1.165) is 24.3 Å². The zero-order valence-corrected chi connectivity index (χ0v) is 9.21. The zero-order valence-electron chi connectivity index (χ0n) is 9.21. The summed E-state index contributed by atoms with van der Waals surface area (Å²) in [6.07, 6.45) is 2.45. The van der Waals surface area contributed by atoms with Crippen molar-refractivity contribution in [2.45, 2.75) is 12.5 Å². The van der Waals surface area contributed by atoms with E-state index in [0.29, 0.717) is 6.42 Å². The average molecular weight is 219 g/mol. The lowest BCUT2D eigenvalue weighted by Gasteiger charge is -2.17. The Hall–Kier alpha value is -1.39. The highest BCUT2D eigenvalue weighted by Gasteiger charge is 2.10. The lowest BCUT2D eigenvalue weighted by molar-refractivity contribution is 0.276. The molecule has 16 heavy (non-hydrogen) atoms. The van der Waals surface area contributed by atoms with Crippen molar-refractivity contribution in [2.24, 2.45) is 10.7 Å². The molecule has 2 rings (SSSR count). The van der Waals surface area contributed by atoms with Gasteiger partial charge in [0.05, 0.1) is 12.9 Å². The normalized spacial score (nSPS) is 16.8. The number of benzene rings is 1. The maximum Gasteiger partial charge on any atom is 0.0895 e. The van der Waals surface area contributed by atoms with Gasteiger partial charge in [0.2, 0.25) is 0 Å². The molecule has 0 fully saturated rings. The zero-order chi connectivity index (χ0) is 11.4. The Morgan fingerprint density at radius 2 is 2.38 bits per heavy atom. The molecule has 0 aliphatic carbocycles. The molecule has 1 unspecified atom stereocenters. The standard InChI is InChI=1S/C12H17N3O/c13-12(4-7-16)10-2-1-3-11(8-10)15-6-5-14-9-15/h1-3,8-9,12,16H,4-7,13H2. The molecule has 3 N–H and O–H groups in total. The third kappa shape index (κ3) is 2.40. The number of aliphatic imine (C=N–C) groups is 1. The number of nitrogens with zero attached hydrogens (tertiary/aromatic N) is 2. The molecule has 0 radical (unpaired) electrons. The van der Waals surface area contributed by atoms with Gasteiger partial charge in [-0.1, -0.05) is 12.1 Å². The van der Waals surface area contributed by atoms with Crippen LogP contribution in [0, 0.1) is 0 Å². The quantitative estimate of drug-likeness (QED) is 0.791. The van der Waals surface area contributed by atoms with Crippen LogP contribution in [-0.4, -0.2) is 31.1 Å². The van der Waals surface area contributed by atoms with E-state index >= 15 is 0 Å². The fraction of sp³-hybridized carbons (Fsp3) is 0.417. The molecule has 1 aromatic rings. The minimum absolute atomic E-state index is 0.0931. The van der Waals surface area contributed by atoms with E-state index in [2.05, 4.69) is 16.0 Å². The molecular weight excluding hydrogens is 202 g/mol. The SMILES string of the molecule is NC(CCO)c1cccc(N2C=NCC2)c1. The van der Waals surface area contributed by atoms with Gasteiger partial charge in [-0.2, -0.15) is 0 Å². The third-order valence-electron chi connectivity index (χ3n) is 2.76. The third-order valence-corrected chi connectivity index (χ3v) is 2.76. The lowest BCUT2D eigenvalue weighted by atomic mass is 10.0. The molecule has 4 nitrogen and oxygen atoms in total. The van der Waals surface area contributed by atoms with Gasteiger partial charge in [-0.05, 0) is 24.1 Å². The van der Waals surface area contributed by atoms with Crippen molar-refractivity contribution in [3.8, 4) is 0 Å². The maximum absolute atomic E-state index is 8.87. The van der Waals surface area contributed by atoms with Crippen molar-refractivity contribution in [2.75, 3.05) is 24.6 Å². The fourth-order valence-corrected chi connectivity index (χ4v) is 1.82. The molecule has 0 amide bonds. The monoisotopic (exact) mass is 219 g/mol. The molecule has 0 spiro atoms. The van der Waals surface area contributed by atoms with E-state index in [9.17, 15) is 0 Å². The van der Waals surface area contributed by atoms with Gasteiger partial charge in [-0.25, -0.2) is 0 Å². The molecular formula is C12H17N3O. The minimum Gasteiger partial charge on any atom is -0.396 e. The van der Waals surface area contributed by atoms with Crippen LogP contribution in [0.1, 0.15) is 18.0 Å². The second-order valence-corrected chi connectivity index (χ2v) is 3.93. The van der Waals surface area contributed by atoms with Crippen LogP contribution in [0.5, 0.6) is 0 Å². The highest BCUT2D eigenvalue weighted by Crippen LogP contribution is 2.21. The topological polar surface area (TPSA) is 61.9 Å². The second-order valence-electron chi connectivity index (χ2n) is 3.93. The fourth-order valence-electron chi connectivity index (χ4n) is 1.82. The number of aliphatic hydroxyl groups is 1. The van der Waals surface area contributed by atoms with Gasteiger partial charge in [-0.3, -0.25) is 4.99 Å². The molecule has 1 aliphatic rings. The Morgan fingerprint density at radius 3 is 3.06 bits per heavy atom. The van der Waals surface area contributed by atoms with Crippen molar-refractivity contribution in [1.82, 2.24) is 0 Å². The summed E-state index contributed by atoms with van der Waals surface area (Å²) >= 11 is 0. The minimum atomic E-state index is -0.0931. The van der Waals surface area contributed by atoms with Crippen molar-refractivity contribution in [3.63, 3.8) is 0 Å². The Bertz CT molecular complexity index is 378. The van der Waals surface area contributed by atoms with Crippen LogP contribution in [0.15, 0.2) is 29.3 Å².